The van der Waals surface area contributed by atoms with Crippen LogP contribution in [0.25, 0.3) is 0 Å². The first-order valence-corrected chi connectivity index (χ1v) is 12.1. The highest BCUT2D eigenvalue weighted by molar-refractivity contribution is 6.32. The summed E-state index contributed by atoms with van der Waals surface area (Å²) < 4.78 is 0. The molecule has 1 aromatic carbocycles. The summed E-state index contributed by atoms with van der Waals surface area (Å²) in [5.41, 5.74) is 0.678. The molecule has 1 saturated carbocycles. The molecule has 2 aromatic rings. The van der Waals surface area contributed by atoms with E-state index in [2.05, 4.69) is 25.5 Å². The van der Waals surface area contributed by atoms with Gasteiger partial charge in [-0.05, 0) is 43.9 Å². The first kappa shape index (κ1) is 23.4. The second kappa shape index (κ2) is 10.9. The molecule has 4 rings (SSSR count). The average molecular weight is 474 g/mol. The number of piperidine rings is 1. The number of amides is 1. The first-order valence-electron chi connectivity index (χ1n) is 11.7. The van der Waals surface area contributed by atoms with Gasteiger partial charge in [-0.3, -0.25) is 4.79 Å². The molecule has 2 aliphatic rings. The minimum Gasteiger partial charge on any atom is -0.506 e. The predicted molar refractivity (Wildman–Crippen MR) is 130 cm³/mol. The van der Waals surface area contributed by atoms with Crippen LogP contribution >= 0.6 is 11.6 Å². The highest BCUT2D eigenvalue weighted by Crippen LogP contribution is 2.29. The number of benzene rings is 1. The molecule has 10 heteroatoms. The summed E-state index contributed by atoms with van der Waals surface area (Å²) in [7, 11) is 1.99. The molecule has 0 spiro atoms. The molecule has 0 bridgehead atoms. The van der Waals surface area contributed by atoms with Crippen LogP contribution in [0.5, 0.6) is 5.75 Å². The van der Waals surface area contributed by atoms with Crippen LogP contribution in [0, 0.1) is 0 Å². The molecule has 2 heterocycles. The summed E-state index contributed by atoms with van der Waals surface area (Å²) in [6.07, 6.45) is 9.83. The van der Waals surface area contributed by atoms with Gasteiger partial charge in [0.25, 0.3) is 0 Å². The molecule has 0 radical (unpaired) electrons. The fourth-order valence-electron chi connectivity index (χ4n) is 4.50. The SMILES string of the molecule is CN(c1nc(Nc2ccc(O)c(Cl)c2)nc(NC2CCCCCC2)n1)C1CCN(C=O)CC1. The van der Waals surface area contributed by atoms with Crippen LogP contribution in [-0.2, 0) is 4.79 Å². The third-order valence-electron chi connectivity index (χ3n) is 6.53. The number of carbonyl (C=O) groups is 1. The zero-order valence-corrected chi connectivity index (χ0v) is 19.8. The van der Waals surface area contributed by atoms with Gasteiger partial charge in [-0.2, -0.15) is 15.0 Å². The summed E-state index contributed by atoms with van der Waals surface area (Å²) in [6, 6.07) is 5.48. The summed E-state index contributed by atoms with van der Waals surface area (Å²) in [6.45, 7) is 1.46. The van der Waals surface area contributed by atoms with E-state index in [1.54, 1.807) is 17.0 Å². The van der Waals surface area contributed by atoms with Crippen LogP contribution in [0.15, 0.2) is 18.2 Å². The van der Waals surface area contributed by atoms with Crippen molar-refractivity contribution in [3.63, 3.8) is 0 Å². The van der Waals surface area contributed by atoms with Gasteiger partial charge in [0.2, 0.25) is 24.3 Å². The molecule has 0 unspecified atom stereocenters. The van der Waals surface area contributed by atoms with Crippen LogP contribution in [-0.4, -0.2) is 63.6 Å². The van der Waals surface area contributed by atoms with Crippen LogP contribution in [0.3, 0.4) is 0 Å². The number of hydrogen-bond acceptors (Lipinski definition) is 8. The van der Waals surface area contributed by atoms with E-state index in [0.29, 0.717) is 29.6 Å². The van der Waals surface area contributed by atoms with Crippen molar-refractivity contribution in [1.29, 1.82) is 0 Å². The van der Waals surface area contributed by atoms with E-state index in [4.69, 9.17) is 16.6 Å². The molecule has 0 atom stereocenters. The maximum atomic E-state index is 11.1. The summed E-state index contributed by atoms with van der Waals surface area (Å²) >= 11 is 6.07. The van der Waals surface area contributed by atoms with Gasteiger partial charge in [0.15, 0.2) is 0 Å². The lowest BCUT2D eigenvalue weighted by Crippen LogP contribution is -2.43. The number of phenols is 1. The molecular formula is C23H32ClN7O2. The van der Waals surface area contributed by atoms with Gasteiger partial charge in [0.05, 0.1) is 5.02 Å². The highest BCUT2D eigenvalue weighted by Gasteiger charge is 2.25. The number of aromatic nitrogens is 3. The Morgan fingerprint density at radius 1 is 1.06 bits per heavy atom. The Balaban J connectivity index is 1.57. The largest absolute Gasteiger partial charge is 0.506 e. The topological polar surface area (TPSA) is 107 Å². The second-order valence-electron chi connectivity index (χ2n) is 8.89. The monoisotopic (exact) mass is 473 g/mol. The fraction of sp³-hybridized carbons (Fsp3) is 0.565. The lowest BCUT2D eigenvalue weighted by Gasteiger charge is -2.35. The fourth-order valence-corrected chi connectivity index (χ4v) is 4.69. The number of likely N-dealkylation sites (tertiary alicyclic amines) is 1. The highest BCUT2D eigenvalue weighted by atomic mass is 35.5. The molecule has 1 amide bonds. The van der Waals surface area contributed by atoms with Gasteiger partial charge < -0.3 is 25.5 Å². The molecule has 2 fully saturated rings. The number of hydrogen-bond donors (Lipinski definition) is 3. The van der Waals surface area contributed by atoms with Crippen molar-refractivity contribution in [2.75, 3.05) is 35.7 Å². The molecule has 3 N–H and O–H groups in total. The molecule has 33 heavy (non-hydrogen) atoms. The number of carbonyl (C=O) groups excluding carboxylic acids is 1. The standard InChI is InChI=1S/C23H32ClN7O2/c1-30(18-10-12-31(15-32)13-11-18)23-28-21(25-16-6-4-2-3-5-7-16)27-22(29-23)26-17-8-9-20(33)19(24)14-17/h8-9,14-16,18,33H,2-7,10-13H2,1H3,(H2,25,26,27,28,29). The van der Waals surface area contributed by atoms with E-state index in [9.17, 15) is 9.90 Å². The predicted octanol–water partition coefficient (Wildman–Crippen LogP) is 4.17. The van der Waals surface area contributed by atoms with Gasteiger partial charge in [-0.25, -0.2) is 0 Å². The summed E-state index contributed by atoms with van der Waals surface area (Å²) in [5.74, 6) is 1.57. The molecule has 1 aliphatic heterocycles. The third-order valence-corrected chi connectivity index (χ3v) is 6.83. The Kier molecular flexibility index (Phi) is 7.69. The Labute approximate surface area is 199 Å². The minimum absolute atomic E-state index is 0.0238. The van der Waals surface area contributed by atoms with E-state index in [1.165, 1.54) is 31.7 Å². The van der Waals surface area contributed by atoms with Crippen molar-refractivity contribution < 1.29 is 9.90 Å². The lowest BCUT2D eigenvalue weighted by molar-refractivity contribution is -0.119. The minimum atomic E-state index is 0.0238. The number of rotatable bonds is 7. The second-order valence-corrected chi connectivity index (χ2v) is 9.30. The molecule has 1 saturated heterocycles. The van der Waals surface area contributed by atoms with Gasteiger partial charge in [0.1, 0.15) is 5.75 Å². The van der Waals surface area contributed by atoms with E-state index >= 15 is 0 Å². The van der Waals surface area contributed by atoms with Gasteiger partial charge >= 0.3 is 0 Å². The Morgan fingerprint density at radius 3 is 2.42 bits per heavy atom. The van der Waals surface area contributed by atoms with Crippen molar-refractivity contribution in [2.24, 2.45) is 0 Å². The van der Waals surface area contributed by atoms with Crippen LogP contribution in [0.2, 0.25) is 5.02 Å². The summed E-state index contributed by atoms with van der Waals surface area (Å²) in [4.78, 5) is 29.0. The molecule has 178 valence electrons. The van der Waals surface area contributed by atoms with Crippen LogP contribution in [0.1, 0.15) is 51.4 Å². The van der Waals surface area contributed by atoms with E-state index in [1.807, 2.05) is 7.05 Å². The van der Waals surface area contributed by atoms with E-state index in [-0.39, 0.29) is 16.8 Å². The van der Waals surface area contributed by atoms with Gasteiger partial charge in [-0.1, -0.05) is 37.3 Å². The van der Waals surface area contributed by atoms with Crippen molar-refractivity contribution in [3.8, 4) is 5.75 Å². The number of phenolic OH excluding ortho intramolecular Hbond substituents is 1. The third kappa shape index (κ3) is 6.16. The van der Waals surface area contributed by atoms with Crippen molar-refractivity contribution >= 4 is 41.5 Å². The number of halogens is 1. The average Bonchev–Trinajstić information content (AvgIpc) is 3.09. The van der Waals surface area contributed by atoms with E-state index in [0.717, 1.165) is 45.2 Å². The Morgan fingerprint density at radius 2 is 1.76 bits per heavy atom. The lowest BCUT2D eigenvalue weighted by atomic mass is 10.0. The van der Waals surface area contributed by atoms with Crippen molar-refractivity contribution in [2.45, 2.75) is 63.5 Å². The quantitative estimate of drug-likeness (QED) is 0.312. The van der Waals surface area contributed by atoms with E-state index < -0.39 is 0 Å². The zero-order valence-electron chi connectivity index (χ0n) is 19.0. The van der Waals surface area contributed by atoms with Gasteiger partial charge in [-0.15, -0.1) is 0 Å². The Hall–Kier alpha value is -2.81. The van der Waals surface area contributed by atoms with Gasteiger partial charge in [0, 0.05) is 37.9 Å². The summed E-state index contributed by atoms with van der Waals surface area (Å²) in [5, 5.41) is 16.7. The molecule has 1 aromatic heterocycles. The number of nitrogens with zero attached hydrogens (tertiary/aromatic N) is 5. The maximum Gasteiger partial charge on any atom is 0.233 e. The van der Waals surface area contributed by atoms with Crippen LogP contribution < -0.4 is 15.5 Å². The van der Waals surface area contributed by atoms with Crippen LogP contribution in [0.4, 0.5) is 23.5 Å². The zero-order chi connectivity index (χ0) is 23.2. The Bertz CT molecular complexity index is 944. The smallest absolute Gasteiger partial charge is 0.233 e. The molecular weight excluding hydrogens is 442 g/mol. The molecule has 9 nitrogen and oxygen atoms in total. The molecule has 1 aliphatic carbocycles. The number of anilines is 4. The number of aromatic hydroxyl groups is 1. The van der Waals surface area contributed by atoms with Crippen molar-refractivity contribution in [1.82, 2.24) is 19.9 Å². The first-order chi connectivity index (χ1) is 16.0. The van der Waals surface area contributed by atoms with Crippen molar-refractivity contribution in [3.05, 3.63) is 23.2 Å². The maximum absolute atomic E-state index is 11.1. The normalized spacial score (nSPS) is 17.9. The number of nitrogens with one attached hydrogen (secondary N) is 2.